The van der Waals surface area contributed by atoms with Crippen LogP contribution in [0.5, 0.6) is 0 Å². The van der Waals surface area contributed by atoms with Crippen LogP contribution in [0.3, 0.4) is 0 Å². The summed E-state index contributed by atoms with van der Waals surface area (Å²) in [6.45, 7) is 0. The van der Waals surface area contributed by atoms with Gasteiger partial charge in [-0.1, -0.05) is 36.4 Å². The van der Waals surface area contributed by atoms with Gasteiger partial charge in [0.2, 0.25) is 11.8 Å². The zero-order valence-corrected chi connectivity index (χ0v) is 70.9. The number of sulfone groups is 2. The molecule has 46 heteroatoms. The van der Waals surface area contributed by atoms with E-state index in [-0.39, 0.29) is 275 Å². The van der Waals surface area contributed by atoms with Crippen LogP contribution in [0, 0.1) is 0 Å². The topological polar surface area (TPSA) is 550 Å². The number of azo groups is 2. The van der Waals surface area contributed by atoms with Gasteiger partial charge in [-0.05, 0) is 109 Å². The second kappa shape index (κ2) is 39.1. The molecule has 472 valence electrons. The van der Waals surface area contributed by atoms with E-state index in [1.54, 1.807) is 12.1 Å². The summed E-state index contributed by atoms with van der Waals surface area (Å²) in [6, 6.07) is 23.5. The van der Waals surface area contributed by atoms with E-state index in [4.69, 9.17) is 0 Å². The van der Waals surface area contributed by atoms with Gasteiger partial charge in [0.15, 0.2) is 31.8 Å². The number of anilines is 4. The molecular weight excluding hydrogens is 1500 g/mol. The van der Waals surface area contributed by atoms with Gasteiger partial charge in [-0.15, -0.1) is 0 Å². The van der Waals surface area contributed by atoms with Crippen molar-refractivity contribution >= 4 is 141 Å². The first kappa shape index (κ1) is 92.1. The zero-order chi connectivity index (χ0) is 66.3. The Morgan fingerprint density at radius 1 is 0.427 bits per heavy atom. The fourth-order valence-corrected chi connectivity index (χ4v) is 12.4. The van der Waals surface area contributed by atoms with Gasteiger partial charge >= 0.3 is 243 Å². The van der Waals surface area contributed by atoms with E-state index in [1.165, 1.54) is 48.5 Å². The molecule has 0 fully saturated rings. The van der Waals surface area contributed by atoms with Crippen LogP contribution in [-0.4, -0.2) is 139 Å². The molecule has 2 atom stereocenters. The third kappa shape index (κ3) is 25.2. The maximum atomic E-state index is 12.9. The minimum absolute atomic E-state index is 0. The second-order valence-electron chi connectivity index (χ2n) is 18.1. The molecule has 6 aromatic rings. The van der Waals surface area contributed by atoms with Gasteiger partial charge in [0.25, 0.3) is 11.8 Å². The molecule has 2 aliphatic heterocycles. The van der Waals surface area contributed by atoms with E-state index in [9.17, 15) is 108 Å². The molecule has 96 heavy (non-hydrogen) atoms. The Kier molecular flexibility index (Phi) is 37.6. The van der Waals surface area contributed by atoms with Crippen molar-refractivity contribution in [1.82, 2.24) is 0 Å². The number of carboxylic acids is 2. The van der Waals surface area contributed by atoms with Crippen molar-refractivity contribution in [2.75, 3.05) is 32.2 Å². The summed E-state index contributed by atoms with van der Waals surface area (Å²) in [6.07, 6.45) is -1.03. The van der Waals surface area contributed by atoms with Crippen molar-refractivity contribution in [2.24, 2.45) is 30.7 Å². The molecule has 0 aliphatic carbocycles. The second-order valence-corrected chi connectivity index (χ2v) is 27.8. The summed E-state index contributed by atoms with van der Waals surface area (Å²) in [5.74, 6) is -9.00. The maximum Gasteiger partial charge on any atom is 1.00 e. The summed E-state index contributed by atoms with van der Waals surface area (Å²) in [4.78, 5) is 70.5. The number of hydrogen-bond donors (Lipinski definition) is 2. The summed E-state index contributed by atoms with van der Waals surface area (Å²) in [5, 5.41) is 50.2. The van der Waals surface area contributed by atoms with Crippen LogP contribution < -0.4 is 274 Å². The van der Waals surface area contributed by atoms with Crippen molar-refractivity contribution in [3.8, 4) is 0 Å². The average molecular weight is 1540 g/mol. The summed E-state index contributed by atoms with van der Waals surface area (Å²) >= 11 is 0. The van der Waals surface area contributed by atoms with Crippen LogP contribution in [0.1, 0.15) is 12.8 Å². The zero-order valence-electron chi connectivity index (χ0n) is 50.7. The number of carbonyl (C=O) groups excluding carboxylic acids is 6. The standard InChI is InChI=1S/2C25H21N5O12S3.3K.3Na/c2*31-21(12-13-43(35,36)17-4-2-1-3-5-17)26-15-6-11-19(20(14-15)45(40,41)42)27-28-22-23(25(33)34)29-30(24(22)32)16-7-9-18(10-8-16)44(37,38)39;;;;;;/h2*1-11,14,22H,12-13H2,(H,26,31)(H,33,34)(H,37,38,39)(H,40,41,42);;;;;;/q;;6*+1/p-6. The van der Waals surface area contributed by atoms with Crippen LogP contribution in [0.25, 0.3) is 0 Å². The molecule has 6 aromatic carbocycles. The van der Waals surface area contributed by atoms with Gasteiger partial charge < -0.3 is 48.6 Å². The SMILES string of the molecule is O=C(CCS(=O)(=O)c1ccccc1)Nc1ccc(N=NC2C(=O)N(c3ccc(S(=O)(=O)[O-])cc3)N=C2C(=O)[O-])c(S(=O)(=O)[O-])c1.O=C(CCS(=O)(=O)c1ccccc1)Nc1ccc(N=NC2C(=O)N(c3ccc(S(=O)(=O)[O-])cc3)N=C2C(=O)[O-])c(S(=O)(=O)[O-])c1.[K+].[K+].[K+].[Na+].[Na+].[Na+]. The Balaban J connectivity index is 0.000000904. The van der Waals surface area contributed by atoms with Crippen molar-refractivity contribution < 1.29 is 351 Å². The summed E-state index contributed by atoms with van der Waals surface area (Å²) < 4.78 is 188. The van der Waals surface area contributed by atoms with Crippen molar-refractivity contribution in [3.05, 3.63) is 146 Å². The number of carboxylic acid groups (broad SMARTS) is 2. The Labute approximate surface area is 740 Å². The number of rotatable bonds is 22. The molecular formula is C50H36K3N10Na3O24S6. The number of aliphatic carboxylic acids is 2. The van der Waals surface area contributed by atoms with Gasteiger partial charge in [0, 0.05) is 24.2 Å². The maximum absolute atomic E-state index is 12.9. The normalized spacial score (nSPS) is 14.7. The van der Waals surface area contributed by atoms with E-state index in [1.807, 2.05) is 0 Å². The smallest absolute Gasteiger partial charge is 0.744 e. The van der Waals surface area contributed by atoms with E-state index in [0.717, 1.165) is 72.8 Å². The Morgan fingerprint density at radius 2 is 0.729 bits per heavy atom. The minimum Gasteiger partial charge on any atom is -0.744 e. The van der Waals surface area contributed by atoms with Gasteiger partial charge in [0.1, 0.15) is 63.3 Å². The number of benzene rings is 6. The first-order chi connectivity index (χ1) is 41.9. The number of hydrogen-bond acceptors (Lipinski definition) is 30. The van der Waals surface area contributed by atoms with E-state index < -0.39 is 175 Å². The predicted octanol–water partition coefficient (Wildman–Crippen LogP) is -18.2. The number of carbonyl (C=O) groups is 6. The number of nitrogens with one attached hydrogen (secondary N) is 2. The number of hydrazone groups is 2. The monoisotopic (exact) mass is 1540 g/mol. The van der Waals surface area contributed by atoms with Gasteiger partial charge in [-0.25, -0.2) is 50.5 Å². The van der Waals surface area contributed by atoms with Crippen LogP contribution >= 0.6 is 0 Å². The van der Waals surface area contributed by atoms with Crippen LogP contribution in [0.15, 0.2) is 206 Å². The van der Waals surface area contributed by atoms with E-state index in [2.05, 4.69) is 41.3 Å². The Morgan fingerprint density at radius 3 is 1.00 bits per heavy atom. The average Bonchev–Trinajstić information content (AvgIpc) is 1.58. The van der Waals surface area contributed by atoms with Crippen molar-refractivity contribution in [2.45, 2.75) is 54.3 Å². The van der Waals surface area contributed by atoms with Gasteiger partial charge in [-0.3, -0.25) is 19.2 Å². The molecule has 2 unspecified atom stereocenters. The predicted molar refractivity (Wildman–Crippen MR) is 298 cm³/mol. The third-order valence-electron chi connectivity index (χ3n) is 12.0. The van der Waals surface area contributed by atoms with Crippen LogP contribution in [0.4, 0.5) is 34.1 Å². The minimum atomic E-state index is -5.30. The molecule has 0 spiro atoms. The molecule has 8 rings (SSSR count). The summed E-state index contributed by atoms with van der Waals surface area (Å²) in [5.41, 5.74) is -4.02. The Bertz CT molecular complexity index is 4470. The van der Waals surface area contributed by atoms with Gasteiger partial charge in [0.05, 0.1) is 64.2 Å². The molecule has 2 N–H and O–H groups in total. The van der Waals surface area contributed by atoms with E-state index in [0.29, 0.717) is 22.2 Å². The van der Waals surface area contributed by atoms with E-state index >= 15 is 0 Å². The first-order valence-corrected chi connectivity index (χ1v) is 33.4. The first-order valence-electron chi connectivity index (χ1n) is 24.5. The fourth-order valence-electron chi connectivity index (χ4n) is 7.66. The number of nitrogens with zero attached hydrogens (tertiary/aromatic N) is 8. The third-order valence-corrected chi connectivity index (χ3v) is 18.9. The molecule has 0 aromatic heterocycles. The van der Waals surface area contributed by atoms with Crippen molar-refractivity contribution in [1.29, 1.82) is 0 Å². The van der Waals surface area contributed by atoms with Gasteiger partial charge in [-0.2, -0.15) is 40.7 Å². The van der Waals surface area contributed by atoms with Crippen LogP contribution in [-0.2, 0) is 88.9 Å². The largest absolute Gasteiger partial charge is 1.00 e. The summed E-state index contributed by atoms with van der Waals surface area (Å²) in [7, 11) is -27.9. The molecule has 0 saturated carbocycles. The number of amides is 4. The molecule has 4 amide bonds. The fraction of sp³-hybridized carbons (Fsp3) is 0.120. The molecule has 0 saturated heterocycles. The molecule has 34 nitrogen and oxygen atoms in total. The van der Waals surface area contributed by atoms with Crippen molar-refractivity contribution in [3.63, 3.8) is 0 Å². The molecule has 2 aliphatic rings. The molecule has 2 heterocycles. The Hall–Kier alpha value is -1.87. The molecule has 0 bridgehead atoms. The van der Waals surface area contributed by atoms with Crippen LogP contribution in [0.2, 0.25) is 0 Å². The quantitative estimate of drug-likeness (QED) is 0.0362. The molecule has 0 radical (unpaired) electrons.